The SMILES string of the molecule is C=C([B]C#N)CCC(=O)O. The molecule has 0 aromatic heterocycles. The molecule has 10 heavy (non-hydrogen) atoms. The minimum absolute atomic E-state index is 0.0387. The van der Waals surface area contributed by atoms with Crippen molar-refractivity contribution in [2.45, 2.75) is 12.8 Å². The standard InChI is InChI=1S/C6H7BNO2/c1-5(7-4-8)2-3-6(9)10/h1-3H2,(H,9,10). The predicted octanol–water partition coefficient (Wildman–Crippen LogP) is 0.550. The van der Waals surface area contributed by atoms with Crippen LogP contribution in [-0.4, -0.2) is 18.4 Å². The van der Waals surface area contributed by atoms with Gasteiger partial charge in [0.15, 0.2) is 0 Å². The lowest BCUT2D eigenvalue weighted by atomic mass is 9.71. The van der Waals surface area contributed by atoms with Crippen LogP contribution in [0.4, 0.5) is 0 Å². The molecule has 0 spiro atoms. The van der Waals surface area contributed by atoms with E-state index >= 15 is 0 Å². The highest BCUT2D eigenvalue weighted by Crippen LogP contribution is 1.98. The number of carboxylic acid groups (broad SMARTS) is 1. The topological polar surface area (TPSA) is 61.1 Å². The van der Waals surface area contributed by atoms with Crippen molar-refractivity contribution in [3.63, 3.8) is 0 Å². The monoisotopic (exact) mass is 136 g/mol. The summed E-state index contributed by atoms with van der Waals surface area (Å²) in [6.45, 7) is 3.48. The van der Waals surface area contributed by atoms with Crippen LogP contribution in [0.5, 0.6) is 0 Å². The highest BCUT2D eigenvalue weighted by Gasteiger charge is 1.99. The summed E-state index contributed by atoms with van der Waals surface area (Å²) in [7, 11) is 1.25. The molecule has 0 aliphatic carbocycles. The summed E-state index contributed by atoms with van der Waals surface area (Å²) in [5.41, 5.74) is 0.560. The zero-order valence-corrected chi connectivity index (χ0v) is 5.50. The van der Waals surface area contributed by atoms with E-state index in [0.29, 0.717) is 11.9 Å². The number of hydrogen-bond donors (Lipinski definition) is 1. The number of nitrogens with zero attached hydrogens (tertiary/aromatic N) is 1. The van der Waals surface area contributed by atoms with E-state index in [9.17, 15) is 4.79 Å². The largest absolute Gasteiger partial charge is 0.481 e. The molecular weight excluding hydrogens is 129 g/mol. The fourth-order valence-electron chi connectivity index (χ4n) is 0.431. The van der Waals surface area contributed by atoms with E-state index in [1.807, 2.05) is 0 Å². The first kappa shape index (κ1) is 8.76. The Bertz CT molecular complexity index is 183. The van der Waals surface area contributed by atoms with Crippen LogP contribution in [0.2, 0.25) is 0 Å². The Balaban J connectivity index is 3.42. The van der Waals surface area contributed by atoms with Gasteiger partial charge in [-0.15, -0.1) is 6.58 Å². The highest BCUT2D eigenvalue weighted by atomic mass is 16.4. The fraction of sp³-hybridized carbons (Fsp3) is 0.333. The highest BCUT2D eigenvalue weighted by molar-refractivity contribution is 6.53. The molecule has 0 fully saturated rings. The third-order valence-corrected chi connectivity index (χ3v) is 0.929. The van der Waals surface area contributed by atoms with Crippen LogP contribution in [0.25, 0.3) is 0 Å². The normalized spacial score (nSPS) is 7.90. The lowest BCUT2D eigenvalue weighted by Crippen LogP contribution is -1.98. The van der Waals surface area contributed by atoms with Gasteiger partial charge < -0.3 is 5.11 Å². The first-order chi connectivity index (χ1) is 4.66. The molecule has 0 aromatic rings. The molecule has 0 saturated heterocycles. The maximum absolute atomic E-state index is 9.97. The van der Waals surface area contributed by atoms with Crippen LogP contribution >= 0.6 is 0 Å². The number of allylic oxidation sites excluding steroid dienone is 1. The molecule has 0 unspecified atom stereocenters. The lowest BCUT2D eigenvalue weighted by molar-refractivity contribution is -0.136. The smallest absolute Gasteiger partial charge is 0.303 e. The Morgan fingerprint density at radius 1 is 1.70 bits per heavy atom. The van der Waals surface area contributed by atoms with E-state index in [0.717, 1.165) is 0 Å². The predicted molar refractivity (Wildman–Crippen MR) is 37.4 cm³/mol. The summed E-state index contributed by atoms with van der Waals surface area (Å²) in [5, 5.41) is 16.3. The number of hydrogen-bond acceptors (Lipinski definition) is 2. The van der Waals surface area contributed by atoms with E-state index in [-0.39, 0.29) is 6.42 Å². The zero-order chi connectivity index (χ0) is 7.98. The Hall–Kier alpha value is -1.24. The molecule has 0 rings (SSSR count). The number of rotatable bonds is 4. The third kappa shape index (κ3) is 4.91. The van der Waals surface area contributed by atoms with Crippen molar-refractivity contribution < 1.29 is 9.90 Å². The van der Waals surface area contributed by atoms with Crippen LogP contribution < -0.4 is 0 Å². The Kier molecular flexibility index (Phi) is 4.05. The van der Waals surface area contributed by atoms with Gasteiger partial charge in [-0.25, -0.2) is 5.26 Å². The van der Waals surface area contributed by atoms with Gasteiger partial charge in [-0.1, -0.05) is 5.47 Å². The summed E-state index contributed by atoms with van der Waals surface area (Å²) in [6, 6.07) is 0. The molecule has 0 aliphatic heterocycles. The maximum Gasteiger partial charge on any atom is 0.303 e. The second-order valence-electron chi connectivity index (χ2n) is 1.83. The van der Waals surface area contributed by atoms with Gasteiger partial charge in [-0.05, 0) is 6.42 Å². The van der Waals surface area contributed by atoms with Crippen molar-refractivity contribution in [3.8, 4) is 5.97 Å². The maximum atomic E-state index is 9.97. The molecule has 3 nitrogen and oxygen atoms in total. The van der Waals surface area contributed by atoms with E-state index in [4.69, 9.17) is 10.4 Å². The Morgan fingerprint density at radius 3 is 2.70 bits per heavy atom. The van der Waals surface area contributed by atoms with Crippen molar-refractivity contribution in [2.75, 3.05) is 0 Å². The third-order valence-electron chi connectivity index (χ3n) is 0.929. The molecule has 0 heterocycles. The van der Waals surface area contributed by atoms with Crippen molar-refractivity contribution in [1.29, 1.82) is 5.26 Å². The minimum atomic E-state index is -0.868. The molecular formula is C6H7BNO2. The average Bonchev–Trinajstić information content (AvgIpc) is 1.85. The Labute approximate surface area is 60.2 Å². The van der Waals surface area contributed by atoms with Gasteiger partial charge in [0.25, 0.3) is 7.28 Å². The van der Waals surface area contributed by atoms with E-state index in [2.05, 4.69) is 6.58 Å². The average molecular weight is 136 g/mol. The molecule has 0 aliphatic rings. The van der Waals surface area contributed by atoms with Crippen LogP contribution in [0.3, 0.4) is 0 Å². The second kappa shape index (κ2) is 4.63. The Morgan fingerprint density at radius 2 is 2.30 bits per heavy atom. The molecule has 51 valence electrons. The molecule has 1 N–H and O–H groups in total. The number of carbonyl (C=O) groups is 1. The van der Waals surface area contributed by atoms with Gasteiger partial charge in [-0.3, -0.25) is 4.79 Å². The van der Waals surface area contributed by atoms with Crippen molar-refractivity contribution >= 4 is 13.2 Å². The number of nitriles is 1. The molecule has 0 bridgehead atoms. The summed E-state index contributed by atoms with van der Waals surface area (Å²) < 4.78 is 0. The van der Waals surface area contributed by atoms with Crippen LogP contribution in [-0.2, 0) is 4.79 Å². The first-order valence-electron chi connectivity index (χ1n) is 2.79. The van der Waals surface area contributed by atoms with Crippen LogP contribution in [0.1, 0.15) is 12.8 Å². The zero-order valence-electron chi connectivity index (χ0n) is 5.50. The summed E-state index contributed by atoms with van der Waals surface area (Å²) in [6.07, 6.45) is 0.389. The molecule has 4 heteroatoms. The van der Waals surface area contributed by atoms with E-state index in [1.54, 1.807) is 5.97 Å². The van der Waals surface area contributed by atoms with Crippen LogP contribution in [0, 0.1) is 11.2 Å². The molecule has 0 saturated carbocycles. The lowest BCUT2D eigenvalue weighted by Gasteiger charge is -1.93. The second-order valence-corrected chi connectivity index (χ2v) is 1.83. The summed E-state index contributed by atoms with van der Waals surface area (Å²) in [5.74, 6) is 0.906. The van der Waals surface area contributed by atoms with Gasteiger partial charge >= 0.3 is 5.97 Å². The van der Waals surface area contributed by atoms with E-state index < -0.39 is 5.97 Å². The number of carboxylic acids is 1. The molecule has 0 aromatic carbocycles. The van der Waals surface area contributed by atoms with Crippen molar-refractivity contribution in [1.82, 2.24) is 0 Å². The summed E-state index contributed by atoms with van der Waals surface area (Å²) in [4.78, 5) is 9.97. The van der Waals surface area contributed by atoms with Crippen LogP contribution in [0.15, 0.2) is 12.1 Å². The quantitative estimate of drug-likeness (QED) is 0.574. The molecule has 0 atom stereocenters. The molecule has 1 radical (unpaired) electrons. The first-order valence-corrected chi connectivity index (χ1v) is 2.79. The summed E-state index contributed by atoms with van der Waals surface area (Å²) >= 11 is 0. The fourth-order valence-corrected chi connectivity index (χ4v) is 0.431. The van der Waals surface area contributed by atoms with Gasteiger partial charge in [0.2, 0.25) is 0 Å². The van der Waals surface area contributed by atoms with Gasteiger partial charge in [-0.2, -0.15) is 0 Å². The van der Waals surface area contributed by atoms with Crippen molar-refractivity contribution in [3.05, 3.63) is 12.1 Å². The van der Waals surface area contributed by atoms with E-state index in [1.165, 1.54) is 7.28 Å². The van der Waals surface area contributed by atoms with Crippen molar-refractivity contribution in [2.24, 2.45) is 0 Å². The number of aliphatic carboxylic acids is 1. The van der Waals surface area contributed by atoms with Gasteiger partial charge in [0.05, 0.1) is 0 Å². The van der Waals surface area contributed by atoms with Gasteiger partial charge in [0, 0.05) is 12.4 Å². The molecule has 0 amide bonds. The van der Waals surface area contributed by atoms with Gasteiger partial charge in [0.1, 0.15) is 0 Å². The minimum Gasteiger partial charge on any atom is -0.481 e.